The van der Waals surface area contributed by atoms with Crippen LogP contribution in [0.4, 0.5) is 4.79 Å². The Morgan fingerprint density at radius 3 is 2.56 bits per heavy atom. The minimum atomic E-state index is -0.676. The third kappa shape index (κ3) is 6.97. The molecule has 3 aliphatic heterocycles. The van der Waals surface area contributed by atoms with E-state index in [-0.39, 0.29) is 30.0 Å². The number of carbonyl (C=O) groups is 3. The van der Waals surface area contributed by atoms with Crippen molar-refractivity contribution in [1.29, 1.82) is 5.41 Å². The maximum absolute atomic E-state index is 13.7. The number of hydrogen-bond donors (Lipinski definition) is 2. The van der Waals surface area contributed by atoms with Crippen LogP contribution in [0, 0.1) is 5.41 Å². The molecule has 3 heterocycles. The van der Waals surface area contributed by atoms with E-state index in [0.717, 1.165) is 38.8 Å². The molecular formula is C26H45N5O5. The van der Waals surface area contributed by atoms with E-state index in [9.17, 15) is 14.4 Å². The number of methoxy groups -OCH3 is 1. The molecule has 0 aliphatic carbocycles. The minimum absolute atomic E-state index is 0.0155. The van der Waals surface area contributed by atoms with E-state index in [0.29, 0.717) is 32.4 Å². The Morgan fingerprint density at radius 2 is 1.94 bits per heavy atom. The lowest BCUT2D eigenvalue weighted by molar-refractivity contribution is -0.146. The molecular weight excluding hydrogens is 462 g/mol. The Hall–Kier alpha value is -2.20. The largest absolute Gasteiger partial charge is 0.444 e. The first kappa shape index (κ1) is 28.4. The Bertz CT molecular complexity index is 794. The third-order valence-corrected chi connectivity index (χ3v) is 7.60. The predicted octanol–water partition coefficient (Wildman–Crippen LogP) is 2.40. The topological polar surface area (TPSA) is 115 Å². The highest BCUT2D eigenvalue weighted by atomic mass is 16.6. The molecule has 3 rings (SSSR count). The highest BCUT2D eigenvalue weighted by Gasteiger charge is 2.46. The first-order valence-corrected chi connectivity index (χ1v) is 13.4. The van der Waals surface area contributed by atoms with Crippen LogP contribution in [0.1, 0.15) is 72.6 Å². The number of rotatable bonds is 10. The van der Waals surface area contributed by atoms with Crippen LogP contribution in [0.15, 0.2) is 0 Å². The van der Waals surface area contributed by atoms with Crippen molar-refractivity contribution in [3.63, 3.8) is 0 Å². The monoisotopic (exact) mass is 507 g/mol. The van der Waals surface area contributed by atoms with Gasteiger partial charge in [-0.05, 0) is 78.9 Å². The number of likely N-dealkylation sites (N-methyl/N-ethyl adjacent to an activating group) is 1. The molecule has 3 amide bonds. The standard InChI is InChI=1S/C26H45N5O5/c1-6-29(15-13-18(12-14-27)30-16-20(17-30)35-5)24(33)22-11-10-19-8-7-9-21(23(32)31(19)22)28-25(34)36-26(2,3)4/h14,18-22,27H,6-13,15-17H2,1-5H3,(H,28,34)/t18?,19-,21-,22-/m0/s1. The first-order valence-electron chi connectivity index (χ1n) is 13.4. The molecule has 0 aromatic rings. The number of fused-ring (bicyclic) bond motifs is 1. The summed E-state index contributed by atoms with van der Waals surface area (Å²) in [5.74, 6) is -0.193. The van der Waals surface area contributed by atoms with Crippen LogP contribution in [0.3, 0.4) is 0 Å². The van der Waals surface area contributed by atoms with E-state index in [4.69, 9.17) is 14.9 Å². The van der Waals surface area contributed by atoms with Crippen LogP contribution in [-0.4, -0.2) is 108 Å². The summed E-state index contributed by atoms with van der Waals surface area (Å²) < 4.78 is 10.8. The zero-order valence-corrected chi connectivity index (χ0v) is 22.6. The van der Waals surface area contributed by atoms with Gasteiger partial charge in [0.05, 0.1) is 6.10 Å². The molecule has 0 aromatic carbocycles. The van der Waals surface area contributed by atoms with Gasteiger partial charge in [-0.3, -0.25) is 14.5 Å². The minimum Gasteiger partial charge on any atom is -0.444 e. The molecule has 10 heteroatoms. The van der Waals surface area contributed by atoms with Crippen molar-refractivity contribution in [2.45, 2.75) is 109 Å². The van der Waals surface area contributed by atoms with Crippen molar-refractivity contribution < 1.29 is 23.9 Å². The maximum Gasteiger partial charge on any atom is 0.408 e. The second-order valence-electron chi connectivity index (χ2n) is 11.2. The van der Waals surface area contributed by atoms with E-state index < -0.39 is 23.8 Å². The quantitative estimate of drug-likeness (QED) is 0.439. The van der Waals surface area contributed by atoms with Crippen LogP contribution in [0.25, 0.3) is 0 Å². The summed E-state index contributed by atoms with van der Waals surface area (Å²) >= 11 is 0. The summed E-state index contributed by atoms with van der Waals surface area (Å²) in [6.07, 6.45) is 6.17. The van der Waals surface area contributed by atoms with Crippen LogP contribution >= 0.6 is 0 Å². The lowest BCUT2D eigenvalue weighted by atomic mass is 10.0. The molecule has 0 saturated carbocycles. The van der Waals surface area contributed by atoms with Gasteiger partial charge < -0.3 is 30.0 Å². The summed E-state index contributed by atoms with van der Waals surface area (Å²) in [5, 5.41) is 10.3. The van der Waals surface area contributed by atoms with Crippen molar-refractivity contribution in [3.8, 4) is 0 Å². The van der Waals surface area contributed by atoms with E-state index in [1.807, 2.05) is 11.8 Å². The van der Waals surface area contributed by atoms with Crippen molar-refractivity contribution >= 4 is 24.1 Å². The molecule has 3 fully saturated rings. The van der Waals surface area contributed by atoms with E-state index >= 15 is 0 Å². The molecule has 0 radical (unpaired) electrons. The number of carbonyl (C=O) groups excluding carboxylic acids is 3. The number of likely N-dealkylation sites (tertiary alicyclic amines) is 1. The third-order valence-electron chi connectivity index (χ3n) is 7.60. The number of nitrogens with one attached hydrogen (secondary N) is 2. The fraction of sp³-hybridized carbons (Fsp3) is 0.846. The highest BCUT2D eigenvalue weighted by molar-refractivity contribution is 5.92. The van der Waals surface area contributed by atoms with Gasteiger partial charge in [-0.15, -0.1) is 0 Å². The normalized spacial score (nSPS) is 26.0. The molecule has 0 aromatic heterocycles. The van der Waals surface area contributed by atoms with Gasteiger partial charge in [0.1, 0.15) is 17.7 Å². The Labute approximate surface area is 215 Å². The second-order valence-corrected chi connectivity index (χ2v) is 11.2. The fourth-order valence-electron chi connectivity index (χ4n) is 5.63. The van der Waals surface area contributed by atoms with E-state index in [1.54, 1.807) is 32.8 Å². The Morgan fingerprint density at radius 1 is 1.22 bits per heavy atom. The maximum atomic E-state index is 13.7. The van der Waals surface area contributed by atoms with Gasteiger partial charge in [-0.25, -0.2) is 4.79 Å². The summed E-state index contributed by atoms with van der Waals surface area (Å²) in [6, 6.07) is -0.931. The number of ether oxygens (including phenoxy) is 2. The molecule has 2 N–H and O–H groups in total. The van der Waals surface area contributed by atoms with Crippen molar-refractivity contribution in [3.05, 3.63) is 0 Å². The van der Waals surface area contributed by atoms with Crippen LogP contribution in [0.2, 0.25) is 0 Å². The highest BCUT2D eigenvalue weighted by Crippen LogP contribution is 2.33. The summed E-state index contributed by atoms with van der Waals surface area (Å²) in [5.41, 5.74) is -0.649. The molecule has 204 valence electrons. The number of alkyl carbamates (subject to hydrolysis) is 1. The summed E-state index contributed by atoms with van der Waals surface area (Å²) in [4.78, 5) is 45.5. The number of nitrogens with zero attached hydrogens (tertiary/aromatic N) is 3. The van der Waals surface area contributed by atoms with Crippen LogP contribution < -0.4 is 5.32 Å². The molecule has 0 spiro atoms. The zero-order valence-electron chi connectivity index (χ0n) is 22.6. The molecule has 10 nitrogen and oxygen atoms in total. The van der Waals surface area contributed by atoms with E-state index in [2.05, 4.69) is 10.2 Å². The predicted molar refractivity (Wildman–Crippen MR) is 137 cm³/mol. The first-order chi connectivity index (χ1) is 17.1. The van der Waals surface area contributed by atoms with Crippen LogP contribution in [-0.2, 0) is 19.1 Å². The van der Waals surface area contributed by atoms with Gasteiger partial charge in [0.15, 0.2) is 0 Å². The van der Waals surface area contributed by atoms with Gasteiger partial charge in [0.25, 0.3) is 0 Å². The molecule has 0 bridgehead atoms. The zero-order chi connectivity index (χ0) is 26.5. The summed E-state index contributed by atoms with van der Waals surface area (Å²) in [6.45, 7) is 10.2. The van der Waals surface area contributed by atoms with E-state index in [1.165, 1.54) is 6.21 Å². The average Bonchev–Trinajstić information content (AvgIpc) is 3.13. The molecule has 4 atom stereocenters. The smallest absolute Gasteiger partial charge is 0.408 e. The number of hydrogen-bond acceptors (Lipinski definition) is 7. The van der Waals surface area contributed by atoms with Gasteiger partial charge in [0.2, 0.25) is 11.8 Å². The second kappa shape index (κ2) is 12.4. The molecule has 3 saturated heterocycles. The SMILES string of the molecule is CCN(CCC(CC=N)N1CC(OC)C1)C(=O)[C@@H]1CC[C@@H]2CCC[C@H](NC(=O)OC(C)(C)C)C(=O)N21. The van der Waals surface area contributed by atoms with Gasteiger partial charge in [-0.2, -0.15) is 0 Å². The van der Waals surface area contributed by atoms with Gasteiger partial charge in [-0.1, -0.05) is 0 Å². The lowest BCUT2D eigenvalue weighted by Crippen LogP contribution is -2.57. The van der Waals surface area contributed by atoms with Crippen molar-refractivity contribution in [2.75, 3.05) is 33.3 Å². The lowest BCUT2D eigenvalue weighted by Gasteiger charge is -2.44. The average molecular weight is 508 g/mol. The number of amides is 3. The molecule has 1 unspecified atom stereocenters. The molecule has 36 heavy (non-hydrogen) atoms. The summed E-state index contributed by atoms with van der Waals surface area (Å²) in [7, 11) is 1.72. The van der Waals surface area contributed by atoms with Crippen molar-refractivity contribution in [2.24, 2.45) is 0 Å². The Balaban J connectivity index is 1.64. The Kier molecular flexibility index (Phi) is 9.74. The fourth-order valence-corrected chi connectivity index (χ4v) is 5.63. The van der Waals surface area contributed by atoms with Gasteiger partial charge >= 0.3 is 6.09 Å². The molecule has 3 aliphatic rings. The van der Waals surface area contributed by atoms with Crippen LogP contribution in [0.5, 0.6) is 0 Å². The van der Waals surface area contributed by atoms with Gasteiger partial charge in [0, 0.05) is 45.4 Å². The van der Waals surface area contributed by atoms with Crippen molar-refractivity contribution in [1.82, 2.24) is 20.0 Å².